The summed E-state index contributed by atoms with van der Waals surface area (Å²) in [7, 11) is -1.56. The fraction of sp³-hybridized carbons (Fsp3) is 0.551. The number of hydrogen-bond donors (Lipinski definition) is 9. The van der Waals surface area contributed by atoms with Crippen molar-refractivity contribution in [1.29, 1.82) is 0 Å². The number of carbonyl (C=O) groups excluding carboxylic acids is 8. The number of anilines is 1. The highest BCUT2D eigenvalue weighted by Gasteiger charge is 2.46. The lowest BCUT2D eigenvalue weighted by atomic mass is 10.0. The lowest BCUT2D eigenvalue weighted by molar-refractivity contribution is -0.189. The minimum atomic E-state index is -4.02. The number of aromatic nitrogens is 1. The first-order valence-corrected chi connectivity index (χ1v) is 26.3. The molecule has 1 aromatic heterocycles. The Morgan fingerprint density at radius 3 is 2.49 bits per heavy atom. The highest BCUT2D eigenvalue weighted by atomic mass is 31.2. The average Bonchev–Trinajstić information content (AvgIpc) is 4.08. The fourth-order valence-electron chi connectivity index (χ4n) is 10.8. The van der Waals surface area contributed by atoms with Gasteiger partial charge in [0, 0.05) is 85.4 Å². The maximum absolute atomic E-state index is 14.4. The van der Waals surface area contributed by atoms with Crippen LogP contribution in [0.2, 0.25) is 0 Å². The Kier molecular flexibility index (Phi) is 17.2. The summed E-state index contributed by atoms with van der Waals surface area (Å²) in [5.41, 5.74) is 7.36. The van der Waals surface area contributed by atoms with Crippen LogP contribution in [0.25, 0.3) is 10.9 Å². The molecule has 5 atom stereocenters. The Morgan fingerprint density at radius 2 is 1.74 bits per heavy atom. The van der Waals surface area contributed by atoms with E-state index in [-0.39, 0.29) is 60.8 Å². The number of aromatic amines is 1. The number of halogens is 2. The van der Waals surface area contributed by atoms with Crippen LogP contribution in [0.15, 0.2) is 42.5 Å². The zero-order chi connectivity index (χ0) is 52.8. The Labute approximate surface area is 426 Å². The van der Waals surface area contributed by atoms with Gasteiger partial charge in [0.1, 0.15) is 29.9 Å². The monoisotopic (exact) mass is 1050 g/mol. The number of rotatable bonds is 20. The number of carbonyl (C=O) groups is 8. The van der Waals surface area contributed by atoms with E-state index >= 15 is 0 Å². The van der Waals surface area contributed by atoms with Crippen molar-refractivity contribution in [3.63, 3.8) is 0 Å². The highest BCUT2D eigenvalue weighted by molar-refractivity contribution is 7.39. The van der Waals surface area contributed by atoms with Crippen LogP contribution in [0.3, 0.4) is 0 Å². The standard InChI is InChI=1S/C49H64F2N11O11P/c1-59-21-18-31-9-12-40(62(31)48(70)38(27-59)57-44(66)37-25-28-24-29(8-10-34(28)55-37)49(50,51)73-74(71)72)46(68)56-36(11-14-41(52)63)43(65)53-19-3-2-4-20-60-22-16-30(17-23-60)54-35-7-5-6-32-33(35)26-61(47(32)69)39-13-15-42(64)58-45(39)67/h5-8,10,24-25,30-31,36,38-40,54-55,71-72H,2-4,9,11-23,26-27H2,1H3,(H2,52,63)(H,53,65)(H,56,68)(H,57,66)(H,58,64,67)/t31-,36+,38+,39?,40+/m1/s1. The van der Waals surface area contributed by atoms with E-state index in [4.69, 9.17) is 15.5 Å². The van der Waals surface area contributed by atoms with Gasteiger partial charge in [-0.15, -0.1) is 0 Å². The van der Waals surface area contributed by atoms with Gasteiger partial charge < -0.3 is 61.4 Å². The summed E-state index contributed by atoms with van der Waals surface area (Å²) in [5.74, 6) is -3.91. The summed E-state index contributed by atoms with van der Waals surface area (Å²) in [6.07, 6.45) is 1.76. The van der Waals surface area contributed by atoms with Crippen molar-refractivity contribution in [2.75, 3.05) is 51.6 Å². The summed E-state index contributed by atoms with van der Waals surface area (Å²) >= 11 is 0. The van der Waals surface area contributed by atoms with Crippen LogP contribution in [0.1, 0.15) is 109 Å². The topological polar surface area (TPSA) is 301 Å². The Hall–Kier alpha value is -6.17. The van der Waals surface area contributed by atoms with Crippen LogP contribution < -0.4 is 32.3 Å². The van der Waals surface area contributed by atoms with E-state index < -0.39 is 79.9 Å². The normalized spacial score (nSPS) is 22.5. The van der Waals surface area contributed by atoms with Crippen LogP contribution in [0.5, 0.6) is 0 Å². The molecule has 8 rings (SSSR count). The fourth-order valence-corrected chi connectivity index (χ4v) is 11.1. The summed E-state index contributed by atoms with van der Waals surface area (Å²) in [6, 6.07) is 6.18. The summed E-state index contributed by atoms with van der Waals surface area (Å²) in [6.45, 7) is 3.89. The van der Waals surface area contributed by atoms with E-state index in [1.54, 1.807) is 18.0 Å². The van der Waals surface area contributed by atoms with Gasteiger partial charge in [0.2, 0.25) is 35.4 Å². The smallest absolute Gasteiger partial charge is 0.382 e. The van der Waals surface area contributed by atoms with Gasteiger partial charge in [-0.3, -0.25) is 43.7 Å². The number of nitrogens with zero attached hydrogens (tertiary/aromatic N) is 4. The molecule has 5 aliphatic rings. The molecule has 2 aromatic carbocycles. The number of piperidine rings is 2. The Bertz CT molecular complexity index is 2630. The summed E-state index contributed by atoms with van der Waals surface area (Å²) in [5, 5.41) is 14.6. The maximum Gasteiger partial charge on any atom is 0.389 e. The number of fused-ring (bicyclic) bond motifs is 3. The second kappa shape index (κ2) is 23.6. The number of H-pyrrole nitrogens is 1. The Morgan fingerprint density at radius 1 is 0.959 bits per heavy atom. The van der Waals surface area contributed by atoms with Gasteiger partial charge in [0.15, 0.2) is 0 Å². The summed E-state index contributed by atoms with van der Waals surface area (Å²) < 4.78 is 32.9. The van der Waals surface area contributed by atoms with Crippen LogP contribution >= 0.6 is 8.60 Å². The highest BCUT2D eigenvalue weighted by Crippen LogP contribution is 2.42. The van der Waals surface area contributed by atoms with Crippen molar-refractivity contribution in [2.24, 2.45) is 5.73 Å². The van der Waals surface area contributed by atoms with Crippen LogP contribution in [0.4, 0.5) is 14.5 Å². The van der Waals surface area contributed by atoms with E-state index in [1.807, 2.05) is 17.0 Å². The number of nitrogens with two attached hydrogens (primary N) is 1. The molecular weight excluding hydrogens is 988 g/mol. The number of likely N-dealkylation sites (N-methyl/N-ethyl adjacent to an activating group) is 1. The molecule has 400 valence electrons. The van der Waals surface area contributed by atoms with E-state index in [0.29, 0.717) is 62.8 Å². The second-order valence-corrected chi connectivity index (χ2v) is 20.5. The van der Waals surface area contributed by atoms with Crippen molar-refractivity contribution < 1.29 is 61.4 Å². The molecule has 0 spiro atoms. The molecule has 0 aliphatic carbocycles. The molecule has 0 saturated carbocycles. The molecule has 6 heterocycles. The molecule has 10 N–H and O–H groups in total. The predicted octanol–water partition coefficient (Wildman–Crippen LogP) is 1.61. The van der Waals surface area contributed by atoms with Crippen molar-refractivity contribution in [3.05, 3.63) is 64.8 Å². The summed E-state index contributed by atoms with van der Waals surface area (Å²) in [4.78, 5) is 133. The quantitative estimate of drug-likeness (QED) is 0.0442. The first-order chi connectivity index (χ1) is 35.3. The third-order valence-corrected chi connectivity index (χ3v) is 15.1. The Balaban J connectivity index is 0.790. The van der Waals surface area contributed by atoms with Crippen molar-refractivity contribution in [1.82, 2.24) is 45.9 Å². The molecule has 4 saturated heterocycles. The number of primary amides is 1. The predicted molar refractivity (Wildman–Crippen MR) is 264 cm³/mol. The largest absolute Gasteiger partial charge is 0.389 e. The van der Waals surface area contributed by atoms with Crippen LogP contribution in [-0.4, -0.2) is 164 Å². The lowest BCUT2D eigenvalue weighted by Gasteiger charge is -2.37. The van der Waals surface area contributed by atoms with Gasteiger partial charge in [-0.1, -0.05) is 12.5 Å². The lowest BCUT2D eigenvalue weighted by Crippen LogP contribution is -2.61. The molecule has 1 unspecified atom stereocenters. The molecule has 74 heavy (non-hydrogen) atoms. The molecule has 22 nitrogen and oxygen atoms in total. The molecule has 0 radical (unpaired) electrons. The van der Waals surface area contributed by atoms with E-state index in [0.717, 1.165) is 68.7 Å². The van der Waals surface area contributed by atoms with Gasteiger partial charge in [0.25, 0.3) is 11.8 Å². The average molecular weight is 1050 g/mol. The molecular formula is C49H64F2N11O11P. The number of alkyl halides is 2. The van der Waals surface area contributed by atoms with Gasteiger partial charge in [0.05, 0.1) is 5.56 Å². The van der Waals surface area contributed by atoms with Gasteiger partial charge in [-0.05, 0) is 114 Å². The van der Waals surface area contributed by atoms with Crippen molar-refractivity contribution in [2.45, 2.75) is 126 Å². The van der Waals surface area contributed by atoms with E-state index in [2.05, 4.69) is 41.0 Å². The number of imide groups is 1. The first kappa shape index (κ1) is 54.1. The molecule has 3 aromatic rings. The van der Waals surface area contributed by atoms with Gasteiger partial charge in [-0.25, -0.2) is 4.52 Å². The molecule has 4 fully saturated rings. The third kappa shape index (κ3) is 12.8. The number of amides is 8. The third-order valence-electron chi connectivity index (χ3n) is 14.7. The van der Waals surface area contributed by atoms with Crippen molar-refractivity contribution in [3.8, 4) is 0 Å². The van der Waals surface area contributed by atoms with Crippen molar-refractivity contribution >= 4 is 72.5 Å². The first-order valence-electron chi connectivity index (χ1n) is 25.2. The SMILES string of the molecule is CN1CC[C@H]2CC[C@@H](C(=O)N[C@@H](CCC(N)=O)C(=O)NCCCCCN3CCC(Nc4cccc5c4CN(C4CCC(=O)NC4=O)C5=O)CC3)N2C(=O)[C@@H](NC(=O)c2cc3cc(C(F)(F)OP(O)O)ccc3[nH]2)C1. The zero-order valence-electron chi connectivity index (χ0n) is 41.1. The molecule has 25 heteroatoms. The van der Waals surface area contributed by atoms with Crippen LogP contribution in [0, 0.1) is 0 Å². The zero-order valence-corrected chi connectivity index (χ0v) is 42.0. The number of hydrogen-bond acceptors (Lipinski definition) is 14. The minimum absolute atomic E-state index is 0.0382. The second-order valence-electron chi connectivity index (χ2n) is 19.8. The number of likely N-dealkylation sites (tertiary alicyclic amines) is 1. The van der Waals surface area contributed by atoms with E-state index in [9.17, 15) is 47.1 Å². The number of unbranched alkanes of at least 4 members (excludes halogenated alkanes) is 2. The molecule has 5 aliphatic heterocycles. The number of nitrogens with one attached hydrogen (secondary N) is 6. The van der Waals surface area contributed by atoms with Crippen LogP contribution in [-0.2, 0) is 45.9 Å². The number of benzene rings is 2. The molecule has 8 amide bonds. The van der Waals surface area contributed by atoms with Gasteiger partial charge in [-0.2, -0.15) is 8.78 Å². The molecule has 0 bridgehead atoms. The van der Waals surface area contributed by atoms with Gasteiger partial charge >= 0.3 is 14.7 Å². The van der Waals surface area contributed by atoms with E-state index in [1.165, 1.54) is 17.0 Å². The maximum atomic E-state index is 14.4. The minimum Gasteiger partial charge on any atom is -0.382 e.